The molecule has 11 heteroatoms. The average Bonchev–Trinajstić information content (AvgIpc) is 3.37. The van der Waals surface area contributed by atoms with Crippen LogP contribution >= 0.6 is 0 Å². The fourth-order valence-corrected chi connectivity index (χ4v) is 4.62. The molecule has 0 aliphatic rings. The minimum Gasteiger partial charge on any atom is -0.505 e. The molecule has 0 radical (unpaired) electrons. The average molecular weight is 468 g/mol. The molecule has 0 saturated heterocycles. The molecule has 168 valence electrons. The Morgan fingerprint density at radius 1 is 1.06 bits per heavy atom. The lowest BCUT2D eigenvalue weighted by atomic mass is 10.1. The Morgan fingerprint density at radius 3 is 2.52 bits per heavy atom. The first-order valence-corrected chi connectivity index (χ1v) is 11.1. The highest BCUT2D eigenvalue weighted by atomic mass is 32.2. The van der Waals surface area contributed by atoms with Crippen LogP contribution in [0.25, 0.3) is 21.7 Å². The number of imidazole rings is 1. The second-order valence-electron chi connectivity index (χ2n) is 7.49. The lowest BCUT2D eigenvalue weighted by molar-refractivity contribution is 0.425. The molecule has 0 aliphatic carbocycles. The molecule has 0 fully saturated rings. The maximum atomic E-state index is 13.3. The first kappa shape index (κ1) is 20.8. The zero-order chi connectivity index (χ0) is 23.3. The number of phenols is 1. The molecular formula is C22H17FN4O5S. The smallest absolute Gasteiger partial charge is 0.358 e. The summed E-state index contributed by atoms with van der Waals surface area (Å²) in [4.78, 5) is 7.98. The standard InChI is InChI=1S/C22H17FN4O5S/c1-26-11-17(25-12-26)33(30,31)32-21-15-3-2-8-24-19(15)20(28)18-16(21)10-27(22(18)29)9-13-4-6-14(23)7-5-13/h2-8,10-12,28-29H,9H2,1H3. The van der Waals surface area contributed by atoms with Gasteiger partial charge in [-0.15, -0.1) is 0 Å². The molecule has 0 bridgehead atoms. The third kappa shape index (κ3) is 3.52. The zero-order valence-corrected chi connectivity index (χ0v) is 18.0. The van der Waals surface area contributed by atoms with Gasteiger partial charge in [0.2, 0.25) is 10.9 Å². The lowest BCUT2D eigenvalue weighted by Crippen LogP contribution is -2.11. The van der Waals surface area contributed by atoms with E-state index in [2.05, 4.69) is 9.97 Å². The van der Waals surface area contributed by atoms with Crippen molar-refractivity contribution >= 4 is 31.8 Å². The van der Waals surface area contributed by atoms with E-state index in [0.29, 0.717) is 5.56 Å². The first-order valence-electron chi connectivity index (χ1n) is 9.73. The van der Waals surface area contributed by atoms with Gasteiger partial charge in [0.1, 0.15) is 11.3 Å². The van der Waals surface area contributed by atoms with Crippen molar-refractivity contribution in [1.82, 2.24) is 19.1 Å². The van der Waals surface area contributed by atoms with Crippen LogP contribution in [0.5, 0.6) is 17.4 Å². The summed E-state index contributed by atoms with van der Waals surface area (Å²) < 4.78 is 47.4. The van der Waals surface area contributed by atoms with Crippen LogP contribution in [-0.2, 0) is 23.7 Å². The Kier molecular flexibility index (Phi) is 4.71. The van der Waals surface area contributed by atoms with Gasteiger partial charge < -0.3 is 23.5 Å². The van der Waals surface area contributed by atoms with E-state index in [1.54, 1.807) is 31.3 Å². The van der Waals surface area contributed by atoms with Gasteiger partial charge in [-0.25, -0.2) is 9.37 Å². The summed E-state index contributed by atoms with van der Waals surface area (Å²) in [5.74, 6) is -1.14. The quantitative estimate of drug-likeness (QED) is 0.380. The molecule has 9 nitrogen and oxygen atoms in total. The van der Waals surface area contributed by atoms with E-state index >= 15 is 0 Å². The number of hydrogen-bond donors (Lipinski definition) is 2. The number of rotatable bonds is 5. The van der Waals surface area contributed by atoms with Crippen molar-refractivity contribution in [1.29, 1.82) is 0 Å². The maximum absolute atomic E-state index is 13.3. The lowest BCUT2D eigenvalue weighted by Gasteiger charge is -2.11. The molecule has 0 unspecified atom stereocenters. The fraction of sp³-hybridized carbons (Fsp3) is 0.0909. The van der Waals surface area contributed by atoms with Crippen LogP contribution in [0.4, 0.5) is 4.39 Å². The SMILES string of the molecule is Cn1cnc(S(=O)(=O)Oc2c3cccnc3c(O)c3c(O)n(Cc4ccc(F)cc4)cc23)c1. The molecule has 5 aromatic rings. The Bertz CT molecular complexity index is 1620. The number of benzene rings is 2. The number of pyridine rings is 1. The Morgan fingerprint density at radius 2 is 1.82 bits per heavy atom. The topological polar surface area (TPSA) is 119 Å². The van der Waals surface area contributed by atoms with E-state index in [0.717, 1.165) is 0 Å². The number of nitrogens with zero attached hydrogens (tertiary/aromatic N) is 4. The Hall–Kier alpha value is -4.12. The number of aryl methyl sites for hydroxylation is 1. The summed E-state index contributed by atoms with van der Waals surface area (Å²) >= 11 is 0. The van der Waals surface area contributed by atoms with Gasteiger partial charge in [-0.1, -0.05) is 12.1 Å². The van der Waals surface area contributed by atoms with Gasteiger partial charge in [0.15, 0.2) is 11.5 Å². The van der Waals surface area contributed by atoms with Crippen molar-refractivity contribution in [3.63, 3.8) is 0 Å². The molecule has 5 rings (SSSR count). The predicted molar refractivity (Wildman–Crippen MR) is 117 cm³/mol. The number of fused-ring (bicyclic) bond motifs is 2. The van der Waals surface area contributed by atoms with E-state index < -0.39 is 15.9 Å². The van der Waals surface area contributed by atoms with Crippen molar-refractivity contribution in [2.24, 2.45) is 7.05 Å². The van der Waals surface area contributed by atoms with Crippen molar-refractivity contribution in [3.8, 4) is 17.4 Å². The third-order valence-electron chi connectivity index (χ3n) is 5.20. The molecule has 33 heavy (non-hydrogen) atoms. The molecule has 2 aromatic carbocycles. The molecular weight excluding hydrogens is 451 g/mol. The number of phenolic OH excluding ortho intramolecular Hbond substituents is 1. The van der Waals surface area contributed by atoms with Gasteiger partial charge in [-0.3, -0.25) is 4.98 Å². The summed E-state index contributed by atoms with van der Waals surface area (Å²) in [6.45, 7) is 0.135. The van der Waals surface area contributed by atoms with Crippen molar-refractivity contribution in [3.05, 3.63) is 72.7 Å². The van der Waals surface area contributed by atoms with Gasteiger partial charge in [0.05, 0.1) is 23.6 Å². The largest absolute Gasteiger partial charge is 0.505 e. The normalized spacial score (nSPS) is 11.9. The van der Waals surface area contributed by atoms with Crippen LogP contribution in [0.2, 0.25) is 0 Å². The van der Waals surface area contributed by atoms with E-state index in [-0.39, 0.29) is 50.6 Å². The van der Waals surface area contributed by atoms with E-state index in [1.165, 1.54) is 46.2 Å². The van der Waals surface area contributed by atoms with Gasteiger partial charge >= 0.3 is 10.1 Å². The van der Waals surface area contributed by atoms with Gasteiger partial charge in [-0.05, 0) is 29.8 Å². The fourth-order valence-electron chi connectivity index (χ4n) is 3.66. The van der Waals surface area contributed by atoms with E-state index in [4.69, 9.17) is 4.18 Å². The number of halogens is 1. The minimum absolute atomic E-state index is 0.0190. The molecule has 0 spiro atoms. The maximum Gasteiger partial charge on any atom is 0.358 e. The van der Waals surface area contributed by atoms with E-state index in [9.17, 15) is 23.0 Å². The number of hydrogen-bond acceptors (Lipinski definition) is 7. The Labute approximate surface area is 187 Å². The summed E-state index contributed by atoms with van der Waals surface area (Å²) in [6.07, 6.45) is 5.51. The van der Waals surface area contributed by atoms with Gasteiger partial charge in [-0.2, -0.15) is 8.42 Å². The highest BCUT2D eigenvalue weighted by Gasteiger charge is 2.27. The van der Waals surface area contributed by atoms with Gasteiger partial charge in [0.25, 0.3) is 0 Å². The van der Waals surface area contributed by atoms with Crippen LogP contribution in [0.3, 0.4) is 0 Å². The Balaban J connectivity index is 1.72. The van der Waals surface area contributed by atoms with Crippen LogP contribution in [0.15, 0.2) is 66.3 Å². The monoisotopic (exact) mass is 468 g/mol. The first-order chi connectivity index (χ1) is 15.7. The summed E-state index contributed by atoms with van der Waals surface area (Å²) in [7, 11) is -2.71. The highest BCUT2D eigenvalue weighted by Crippen LogP contribution is 2.46. The molecule has 0 atom stereocenters. The second kappa shape index (κ2) is 7.48. The van der Waals surface area contributed by atoms with Crippen LogP contribution < -0.4 is 4.18 Å². The van der Waals surface area contributed by atoms with Crippen molar-refractivity contribution in [2.45, 2.75) is 11.6 Å². The van der Waals surface area contributed by atoms with Gasteiger partial charge in [0, 0.05) is 31.0 Å². The van der Waals surface area contributed by atoms with Crippen molar-refractivity contribution < 1.29 is 27.2 Å². The van der Waals surface area contributed by atoms with Crippen LogP contribution in [-0.4, -0.2) is 37.7 Å². The zero-order valence-electron chi connectivity index (χ0n) is 17.2. The van der Waals surface area contributed by atoms with Crippen molar-refractivity contribution in [2.75, 3.05) is 0 Å². The molecule has 3 heterocycles. The predicted octanol–water partition coefficient (Wildman–Crippen LogP) is 3.29. The third-order valence-corrected chi connectivity index (χ3v) is 6.31. The summed E-state index contributed by atoms with van der Waals surface area (Å²) in [6, 6.07) is 8.82. The molecule has 2 N–H and O–H groups in total. The highest BCUT2D eigenvalue weighted by molar-refractivity contribution is 7.87. The molecule has 3 aromatic heterocycles. The minimum atomic E-state index is -4.33. The molecule has 0 aliphatic heterocycles. The van der Waals surface area contributed by atoms with Crippen LogP contribution in [0.1, 0.15) is 5.56 Å². The summed E-state index contributed by atoms with van der Waals surface area (Å²) in [5, 5.41) is 21.8. The van der Waals surface area contributed by atoms with Crippen LogP contribution in [0, 0.1) is 5.82 Å². The van der Waals surface area contributed by atoms with E-state index in [1.807, 2.05) is 0 Å². The molecule has 0 saturated carbocycles. The number of aromatic hydroxyl groups is 2. The molecule has 0 amide bonds. The number of aromatic nitrogens is 4. The summed E-state index contributed by atoms with van der Waals surface area (Å²) in [5.41, 5.74) is 0.740. The second-order valence-corrected chi connectivity index (χ2v) is 8.98.